The minimum Gasteiger partial charge on any atom is -0.484 e. The summed E-state index contributed by atoms with van der Waals surface area (Å²) < 4.78 is 11.5. The molecule has 7 nitrogen and oxygen atoms in total. The highest BCUT2D eigenvalue weighted by Gasteiger charge is 2.27. The van der Waals surface area contributed by atoms with Crippen LogP contribution in [0.5, 0.6) is 5.75 Å². The van der Waals surface area contributed by atoms with Gasteiger partial charge in [-0.2, -0.15) is 0 Å². The lowest BCUT2D eigenvalue weighted by Gasteiger charge is -2.30. The SMILES string of the molecule is CC(=O)Nc1cccc(OCC(=O)N2CCC(c3nc4ccccc4o3)CC2)c1. The molecule has 0 radical (unpaired) electrons. The molecule has 0 unspecified atom stereocenters. The van der Waals surface area contributed by atoms with Crippen LogP contribution in [0.15, 0.2) is 52.9 Å². The number of aromatic nitrogens is 1. The average Bonchev–Trinajstić information content (AvgIpc) is 3.16. The summed E-state index contributed by atoms with van der Waals surface area (Å²) in [4.78, 5) is 30.1. The number of carbonyl (C=O) groups is 2. The van der Waals surface area contributed by atoms with Gasteiger partial charge in [-0.05, 0) is 37.1 Å². The monoisotopic (exact) mass is 393 g/mol. The molecule has 1 aliphatic rings. The Morgan fingerprint density at radius 1 is 1.17 bits per heavy atom. The molecule has 2 amide bonds. The lowest BCUT2D eigenvalue weighted by molar-refractivity contribution is -0.134. The molecule has 29 heavy (non-hydrogen) atoms. The number of piperidine rings is 1. The molecule has 1 N–H and O–H groups in total. The molecule has 7 heteroatoms. The van der Waals surface area contributed by atoms with Crippen molar-refractivity contribution in [3.05, 3.63) is 54.4 Å². The molecule has 3 aromatic rings. The van der Waals surface area contributed by atoms with Gasteiger partial charge < -0.3 is 19.4 Å². The van der Waals surface area contributed by atoms with Crippen molar-refractivity contribution in [3.8, 4) is 5.75 Å². The van der Waals surface area contributed by atoms with Crippen LogP contribution in [0.1, 0.15) is 31.6 Å². The van der Waals surface area contributed by atoms with Crippen LogP contribution in [0.25, 0.3) is 11.1 Å². The number of oxazole rings is 1. The Kier molecular flexibility index (Phi) is 5.46. The summed E-state index contributed by atoms with van der Waals surface area (Å²) in [5.74, 6) is 1.32. The summed E-state index contributed by atoms with van der Waals surface area (Å²) in [5, 5.41) is 2.70. The van der Waals surface area contributed by atoms with Crippen LogP contribution >= 0.6 is 0 Å². The molecule has 150 valence electrons. The number of amides is 2. The van der Waals surface area contributed by atoms with E-state index in [4.69, 9.17) is 9.15 Å². The number of anilines is 1. The zero-order chi connectivity index (χ0) is 20.2. The average molecular weight is 393 g/mol. The number of hydrogen-bond donors (Lipinski definition) is 1. The Morgan fingerprint density at radius 2 is 1.97 bits per heavy atom. The maximum atomic E-state index is 12.5. The number of nitrogens with one attached hydrogen (secondary N) is 1. The van der Waals surface area contributed by atoms with E-state index < -0.39 is 0 Å². The Bertz CT molecular complexity index is 989. The predicted molar refractivity (Wildman–Crippen MR) is 109 cm³/mol. The van der Waals surface area contributed by atoms with E-state index in [1.54, 1.807) is 24.3 Å². The molecule has 0 bridgehead atoms. The van der Waals surface area contributed by atoms with Gasteiger partial charge in [-0.3, -0.25) is 9.59 Å². The van der Waals surface area contributed by atoms with E-state index >= 15 is 0 Å². The van der Waals surface area contributed by atoms with E-state index in [1.165, 1.54) is 6.92 Å². The second-order valence-corrected chi connectivity index (χ2v) is 7.17. The van der Waals surface area contributed by atoms with Gasteiger partial charge in [0.1, 0.15) is 11.3 Å². The van der Waals surface area contributed by atoms with Gasteiger partial charge >= 0.3 is 0 Å². The van der Waals surface area contributed by atoms with Gasteiger partial charge in [0.25, 0.3) is 5.91 Å². The number of carbonyl (C=O) groups excluding carboxylic acids is 2. The Balaban J connectivity index is 1.29. The van der Waals surface area contributed by atoms with Crippen LogP contribution in [0.3, 0.4) is 0 Å². The van der Waals surface area contributed by atoms with Crippen molar-refractivity contribution in [2.24, 2.45) is 0 Å². The summed E-state index contributed by atoms with van der Waals surface area (Å²) >= 11 is 0. The maximum Gasteiger partial charge on any atom is 0.260 e. The zero-order valence-electron chi connectivity index (χ0n) is 16.3. The van der Waals surface area contributed by atoms with E-state index in [1.807, 2.05) is 29.2 Å². The fraction of sp³-hybridized carbons (Fsp3) is 0.318. The molecule has 2 aromatic carbocycles. The van der Waals surface area contributed by atoms with Gasteiger partial charge in [-0.25, -0.2) is 4.98 Å². The summed E-state index contributed by atoms with van der Waals surface area (Å²) in [6.07, 6.45) is 1.63. The Labute approximate surface area is 168 Å². The largest absolute Gasteiger partial charge is 0.484 e. The van der Waals surface area contributed by atoms with Crippen LogP contribution in [0.2, 0.25) is 0 Å². The number of benzene rings is 2. The number of hydrogen-bond acceptors (Lipinski definition) is 5. The molecule has 1 aliphatic heterocycles. The normalized spacial score (nSPS) is 14.7. The van der Waals surface area contributed by atoms with Crippen LogP contribution in [-0.4, -0.2) is 41.4 Å². The molecule has 2 heterocycles. The minimum atomic E-state index is -0.153. The number of para-hydroxylation sites is 2. The number of ether oxygens (including phenoxy) is 1. The highest BCUT2D eigenvalue weighted by Crippen LogP contribution is 2.30. The third-order valence-electron chi connectivity index (χ3n) is 5.02. The van der Waals surface area contributed by atoms with Crippen LogP contribution in [-0.2, 0) is 9.59 Å². The molecule has 1 fully saturated rings. The van der Waals surface area contributed by atoms with Gasteiger partial charge in [0, 0.05) is 37.7 Å². The first-order valence-corrected chi connectivity index (χ1v) is 9.72. The van der Waals surface area contributed by atoms with Gasteiger partial charge in [-0.1, -0.05) is 18.2 Å². The quantitative estimate of drug-likeness (QED) is 0.716. The third-order valence-corrected chi connectivity index (χ3v) is 5.02. The summed E-state index contributed by atoms with van der Waals surface area (Å²) in [6, 6.07) is 14.8. The smallest absolute Gasteiger partial charge is 0.260 e. The summed E-state index contributed by atoms with van der Waals surface area (Å²) in [7, 11) is 0. The molecule has 0 saturated carbocycles. The van der Waals surface area contributed by atoms with Gasteiger partial charge in [-0.15, -0.1) is 0 Å². The van der Waals surface area contributed by atoms with Crippen molar-refractivity contribution in [2.75, 3.05) is 25.0 Å². The highest BCUT2D eigenvalue weighted by molar-refractivity contribution is 5.88. The topological polar surface area (TPSA) is 84.7 Å². The van der Waals surface area contributed by atoms with Crippen LogP contribution in [0, 0.1) is 0 Å². The molecule has 0 aliphatic carbocycles. The zero-order valence-corrected chi connectivity index (χ0v) is 16.3. The van der Waals surface area contributed by atoms with Crippen LogP contribution in [0.4, 0.5) is 5.69 Å². The van der Waals surface area contributed by atoms with E-state index in [-0.39, 0.29) is 24.3 Å². The van der Waals surface area contributed by atoms with Crippen molar-refractivity contribution < 1.29 is 18.7 Å². The molecule has 0 atom stereocenters. The Hall–Kier alpha value is -3.35. The molecule has 0 spiro atoms. The summed E-state index contributed by atoms with van der Waals surface area (Å²) in [6.45, 7) is 2.72. The first-order valence-electron chi connectivity index (χ1n) is 9.72. The molecule has 1 saturated heterocycles. The number of likely N-dealkylation sites (tertiary alicyclic amines) is 1. The molecule has 1 aromatic heterocycles. The van der Waals surface area contributed by atoms with E-state index in [0.717, 1.165) is 29.8 Å². The van der Waals surface area contributed by atoms with Crippen LogP contribution < -0.4 is 10.1 Å². The lowest BCUT2D eigenvalue weighted by Crippen LogP contribution is -2.40. The lowest BCUT2D eigenvalue weighted by atomic mass is 9.97. The second-order valence-electron chi connectivity index (χ2n) is 7.17. The van der Waals surface area contributed by atoms with Crippen molar-refractivity contribution >= 4 is 28.6 Å². The fourth-order valence-electron chi connectivity index (χ4n) is 3.54. The van der Waals surface area contributed by atoms with Gasteiger partial charge in [0.05, 0.1) is 0 Å². The van der Waals surface area contributed by atoms with Crippen molar-refractivity contribution in [2.45, 2.75) is 25.7 Å². The van der Waals surface area contributed by atoms with Crippen molar-refractivity contribution in [1.82, 2.24) is 9.88 Å². The van der Waals surface area contributed by atoms with Crippen molar-refractivity contribution in [3.63, 3.8) is 0 Å². The Morgan fingerprint density at radius 3 is 2.72 bits per heavy atom. The second kappa shape index (κ2) is 8.34. The van der Waals surface area contributed by atoms with E-state index in [0.29, 0.717) is 24.5 Å². The predicted octanol–water partition coefficient (Wildman–Crippen LogP) is 3.57. The number of nitrogens with zero attached hydrogens (tertiary/aromatic N) is 2. The minimum absolute atomic E-state index is 0.0307. The standard InChI is InChI=1S/C22H23N3O4/c1-15(26)23-17-5-4-6-18(13-17)28-14-21(27)25-11-9-16(10-12-25)22-24-19-7-2-3-8-20(19)29-22/h2-8,13,16H,9-12,14H2,1H3,(H,23,26). The first-order chi connectivity index (χ1) is 14.1. The molecule has 4 rings (SSSR count). The van der Waals surface area contributed by atoms with Gasteiger partial charge in [0.15, 0.2) is 18.1 Å². The molecular weight excluding hydrogens is 370 g/mol. The van der Waals surface area contributed by atoms with Crippen molar-refractivity contribution in [1.29, 1.82) is 0 Å². The number of fused-ring (bicyclic) bond motifs is 1. The number of rotatable bonds is 5. The maximum absolute atomic E-state index is 12.5. The van der Waals surface area contributed by atoms with E-state index in [2.05, 4.69) is 10.3 Å². The third kappa shape index (κ3) is 4.56. The summed E-state index contributed by atoms with van der Waals surface area (Å²) in [5.41, 5.74) is 2.31. The highest BCUT2D eigenvalue weighted by atomic mass is 16.5. The molecular formula is C22H23N3O4. The van der Waals surface area contributed by atoms with E-state index in [9.17, 15) is 9.59 Å². The van der Waals surface area contributed by atoms with Gasteiger partial charge in [0.2, 0.25) is 5.91 Å². The fourth-order valence-corrected chi connectivity index (χ4v) is 3.54. The first kappa shape index (κ1) is 19.0.